The fraction of sp³-hybridized carbons (Fsp3) is 0.143. The molecule has 158 valence electrons. The topological polar surface area (TPSA) is 75.4 Å². The SMILES string of the molecule is CN(C)Nc1ncc2cc(C(N=O)c3ccc(F)cc3)n(-c3c(F)cccc3F)c2n1. The van der Waals surface area contributed by atoms with Crippen molar-refractivity contribution in [1.82, 2.24) is 19.5 Å². The summed E-state index contributed by atoms with van der Waals surface area (Å²) in [4.78, 5) is 20.4. The van der Waals surface area contributed by atoms with Crippen LogP contribution in [0.25, 0.3) is 16.7 Å². The number of nitrogens with zero attached hydrogens (tertiary/aromatic N) is 5. The molecule has 0 amide bonds. The van der Waals surface area contributed by atoms with Gasteiger partial charge in [-0.3, -0.25) is 9.99 Å². The van der Waals surface area contributed by atoms with E-state index in [4.69, 9.17) is 0 Å². The molecule has 0 spiro atoms. The Morgan fingerprint density at radius 2 is 1.74 bits per heavy atom. The molecule has 0 saturated heterocycles. The van der Waals surface area contributed by atoms with Gasteiger partial charge in [-0.2, -0.15) is 4.98 Å². The fourth-order valence-electron chi connectivity index (χ4n) is 3.33. The van der Waals surface area contributed by atoms with Crippen molar-refractivity contribution in [3.63, 3.8) is 0 Å². The molecule has 1 unspecified atom stereocenters. The van der Waals surface area contributed by atoms with Crippen LogP contribution in [0.1, 0.15) is 17.3 Å². The zero-order chi connectivity index (χ0) is 22.1. The predicted octanol–water partition coefficient (Wildman–Crippen LogP) is 4.58. The highest BCUT2D eigenvalue weighted by Gasteiger charge is 2.26. The second kappa shape index (κ2) is 8.15. The van der Waals surface area contributed by atoms with Crippen LogP contribution >= 0.6 is 0 Å². The first-order valence-electron chi connectivity index (χ1n) is 9.23. The Kier molecular flexibility index (Phi) is 5.38. The summed E-state index contributed by atoms with van der Waals surface area (Å²) < 4.78 is 44.1. The number of hydrogen-bond acceptors (Lipinski definition) is 6. The van der Waals surface area contributed by atoms with Crippen LogP contribution in [0.4, 0.5) is 19.1 Å². The minimum Gasteiger partial charge on any atom is -0.290 e. The molecule has 0 aliphatic rings. The molecule has 0 aliphatic heterocycles. The van der Waals surface area contributed by atoms with Crippen LogP contribution in [0, 0.1) is 22.4 Å². The monoisotopic (exact) mass is 426 g/mol. The standard InChI is InChI=1S/C21H17F3N6O/c1-29(2)27-21-25-11-13-10-17(18(28-31)12-6-8-14(22)9-7-12)30(20(13)26-21)19-15(23)4-3-5-16(19)24/h3-11,18H,1-2H3,(H,25,26,27). The third-order valence-electron chi connectivity index (χ3n) is 4.63. The number of fused-ring (bicyclic) bond motifs is 1. The van der Waals surface area contributed by atoms with Crippen molar-refractivity contribution in [2.24, 2.45) is 5.18 Å². The summed E-state index contributed by atoms with van der Waals surface area (Å²) in [7, 11) is 3.46. The van der Waals surface area contributed by atoms with E-state index in [1.807, 2.05) is 0 Å². The smallest absolute Gasteiger partial charge is 0.239 e. The molecule has 1 atom stereocenters. The van der Waals surface area contributed by atoms with E-state index in [0.29, 0.717) is 10.9 Å². The van der Waals surface area contributed by atoms with Gasteiger partial charge in [-0.25, -0.2) is 23.2 Å². The van der Waals surface area contributed by atoms with Crippen molar-refractivity contribution >= 4 is 17.0 Å². The van der Waals surface area contributed by atoms with E-state index in [1.165, 1.54) is 47.2 Å². The van der Waals surface area contributed by atoms with E-state index in [-0.39, 0.29) is 17.3 Å². The number of nitrogens with one attached hydrogen (secondary N) is 1. The normalized spacial score (nSPS) is 12.3. The largest absolute Gasteiger partial charge is 0.290 e. The molecule has 7 nitrogen and oxygen atoms in total. The molecule has 0 fully saturated rings. The molecule has 4 rings (SSSR count). The third kappa shape index (κ3) is 3.84. The molecule has 2 heterocycles. The minimum atomic E-state index is -1.17. The number of aromatic nitrogens is 3. The van der Waals surface area contributed by atoms with E-state index in [1.54, 1.807) is 19.1 Å². The summed E-state index contributed by atoms with van der Waals surface area (Å²) in [5, 5.41) is 5.21. The zero-order valence-electron chi connectivity index (χ0n) is 16.6. The van der Waals surface area contributed by atoms with Gasteiger partial charge in [-0.15, -0.1) is 4.91 Å². The van der Waals surface area contributed by atoms with Gasteiger partial charge in [0.1, 0.15) is 23.1 Å². The summed E-state index contributed by atoms with van der Waals surface area (Å²) in [5.74, 6) is -1.98. The lowest BCUT2D eigenvalue weighted by Gasteiger charge is -2.16. The van der Waals surface area contributed by atoms with Crippen LogP contribution < -0.4 is 5.43 Å². The van der Waals surface area contributed by atoms with E-state index in [0.717, 1.165) is 12.1 Å². The molecule has 0 aliphatic carbocycles. The quantitative estimate of drug-likeness (QED) is 0.361. The number of hydrazine groups is 1. The van der Waals surface area contributed by atoms with Crippen molar-refractivity contribution in [3.05, 3.63) is 88.3 Å². The highest BCUT2D eigenvalue weighted by atomic mass is 19.1. The lowest BCUT2D eigenvalue weighted by molar-refractivity contribution is 0.489. The van der Waals surface area contributed by atoms with Gasteiger partial charge >= 0.3 is 0 Å². The fourth-order valence-corrected chi connectivity index (χ4v) is 3.33. The Morgan fingerprint density at radius 3 is 2.35 bits per heavy atom. The average Bonchev–Trinajstić information content (AvgIpc) is 3.08. The van der Waals surface area contributed by atoms with Gasteiger partial charge in [0.15, 0.2) is 11.7 Å². The number of anilines is 1. The van der Waals surface area contributed by atoms with Crippen LogP contribution in [0.3, 0.4) is 0 Å². The lowest BCUT2D eigenvalue weighted by Crippen LogP contribution is -2.21. The molecule has 1 N–H and O–H groups in total. The molecule has 0 saturated carbocycles. The van der Waals surface area contributed by atoms with Gasteiger partial charge < -0.3 is 0 Å². The molecule has 4 aromatic rings. The molecular formula is C21H17F3N6O. The Bertz CT molecular complexity index is 1240. The van der Waals surface area contributed by atoms with Crippen LogP contribution in [-0.4, -0.2) is 33.6 Å². The summed E-state index contributed by atoms with van der Waals surface area (Å²) in [6, 6.07) is 8.98. The van der Waals surface area contributed by atoms with Crippen molar-refractivity contribution < 1.29 is 13.2 Å². The summed E-state index contributed by atoms with van der Waals surface area (Å²) >= 11 is 0. The number of rotatable bonds is 6. The Morgan fingerprint density at radius 1 is 1.06 bits per heavy atom. The maximum absolute atomic E-state index is 14.8. The molecule has 10 heteroatoms. The van der Waals surface area contributed by atoms with Crippen molar-refractivity contribution in [1.29, 1.82) is 0 Å². The summed E-state index contributed by atoms with van der Waals surface area (Å²) in [5.41, 5.74) is 3.17. The Labute approximate surface area is 175 Å². The van der Waals surface area contributed by atoms with Crippen LogP contribution in [0.2, 0.25) is 0 Å². The molecule has 2 aromatic carbocycles. The van der Waals surface area contributed by atoms with Gasteiger partial charge in [0.05, 0.1) is 5.69 Å². The van der Waals surface area contributed by atoms with Gasteiger partial charge in [0.25, 0.3) is 0 Å². The third-order valence-corrected chi connectivity index (χ3v) is 4.63. The average molecular weight is 426 g/mol. The van der Waals surface area contributed by atoms with Crippen LogP contribution in [0.15, 0.2) is 59.9 Å². The molecular weight excluding hydrogens is 409 g/mol. The molecule has 0 bridgehead atoms. The maximum Gasteiger partial charge on any atom is 0.239 e. The van der Waals surface area contributed by atoms with Crippen LogP contribution in [0.5, 0.6) is 0 Å². The van der Waals surface area contributed by atoms with Gasteiger partial charge in [0, 0.05) is 25.7 Å². The predicted molar refractivity (Wildman–Crippen MR) is 110 cm³/mol. The molecule has 2 aromatic heterocycles. The second-order valence-corrected chi connectivity index (χ2v) is 7.01. The Balaban J connectivity index is 2.02. The Hall–Kier alpha value is -3.79. The van der Waals surface area contributed by atoms with E-state index in [9.17, 15) is 18.1 Å². The minimum absolute atomic E-state index is 0.164. The molecule has 31 heavy (non-hydrogen) atoms. The van der Waals surface area contributed by atoms with Gasteiger partial charge in [-0.1, -0.05) is 23.4 Å². The zero-order valence-corrected chi connectivity index (χ0v) is 16.6. The summed E-state index contributed by atoms with van der Waals surface area (Å²) in [6.45, 7) is 0. The van der Waals surface area contributed by atoms with E-state index >= 15 is 0 Å². The van der Waals surface area contributed by atoms with E-state index < -0.39 is 29.2 Å². The van der Waals surface area contributed by atoms with Crippen LogP contribution in [-0.2, 0) is 0 Å². The summed E-state index contributed by atoms with van der Waals surface area (Å²) in [6.07, 6.45) is 1.47. The van der Waals surface area contributed by atoms with E-state index in [2.05, 4.69) is 20.6 Å². The second-order valence-electron chi connectivity index (χ2n) is 7.01. The highest BCUT2D eigenvalue weighted by Crippen LogP contribution is 2.35. The first kappa shape index (κ1) is 20.5. The number of halogens is 3. The first-order valence-corrected chi connectivity index (χ1v) is 9.23. The molecule has 0 radical (unpaired) electrons. The lowest BCUT2D eigenvalue weighted by atomic mass is 10.0. The number of benzene rings is 2. The maximum atomic E-state index is 14.8. The number of hydrogen-bond donors (Lipinski definition) is 1. The van der Waals surface area contributed by atoms with Crippen molar-refractivity contribution in [3.8, 4) is 5.69 Å². The van der Waals surface area contributed by atoms with Crippen molar-refractivity contribution in [2.75, 3.05) is 19.5 Å². The highest BCUT2D eigenvalue weighted by molar-refractivity contribution is 5.80. The van der Waals surface area contributed by atoms with Gasteiger partial charge in [0.2, 0.25) is 5.95 Å². The number of nitroso groups, excluding NO2 is 1. The van der Waals surface area contributed by atoms with Crippen molar-refractivity contribution in [2.45, 2.75) is 6.04 Å². The first-order chi connectivity index (χ1) is 14.9. The number of para-hydroxylation sites is 1. The van der Waals surface area contributed by atoms with Gasteiger partial charge in [-0.05, 0) is 35.9 Å².